The molecule has 1 aliphatic heterocycles. The first-order valence-corrected chi connectivity index (χ1v) is 7.50. The zero-order valence-corrected chi connectivity index (χ0v) is 12.6. The fourth-order valence-corrected chi connectivity index (χ4v) is 2.68. The summed E-state index contributed by atoms with van der Waals surface area (Å²) in [5, 5.41) is 3.62. The molecule has 0 radical (unpaired) electrons. The minimum Gasteiger partial charge on any atom is -0.313 e. The number of nitrogens with zero attached hydrogens (tertiary/aromatic N) is 1. The molecule has 1 fully saturated rings. The van der Waals surface area contributed by atoms with E-state index in [2.05, 4.69) is 44.8 Å². The molecule has 1 saturated heterocycles. The maximum atomic E-state index is 3.62. The molecule has 1 rings (SSSR count). The topological polar surface area (TPSA) is 15.3 Å². The molecule has 1 N–H and O–H groups in total. The normalized spacial score (nSPS) is 24.5. The highest BCUT2D eigenvalue weighted by molar-refractivity contribution is 4.86. The molecule has 102 valence electrons. The van der Waals surface area contributed by atoms with Crippen LogP contribution in [0.5, 0.6) is 0 Å². The van der Waals surface area contributed by atoms with E-state index >= 15 is 0 Å². The standard InChI is InChI=1S/C15H32N2/c1-6-10-16-13(3)14(4)17-11-8-15(5,7-2)9-12-17/h13-14,16H,6-12H2,1-5H3. The Morgan fingerprint density at radius 1 is 1.18 bits per heavy atom. The van der Waals surface area contributed by atoms with E-state index in [9.17, 15) is 0 Å². The van der Waals surface area contributed by atoms with Gasteiger partial charge in [-0.15, -0.1) is 0 Å². The van der Waals surface area contributed by atoms with Crippen molar-refractivity contribution < 1.29 is 0 Å². The molecule has 0 aromatic rings. The van der Waals surface area contributed by atoms with Gasteiger partial charge in [-0.3, -0.25) is 4.90 Å². The number of piperidine rings is 1. The van der Waals surface area contributed by atoms with Crippen LogP contribution in [0.3, 0.4) is 0 Å². The summed E-state index contributed by atoms with van der Waals surface area (Å²) in [6.07, 6.45) is 5.30. The number of likely N-dealkylation sites (tertiary alicyclic amines) is 1. The molecular weight excluding hydrogens is 208 g/mol. The molecular formula is C15H32N2. The molecule has 2 heteroatoms. The largest absolute Gasteiger partial charge is 0.313 e. The highest BCUT2D eigenvalue weighted by atomic mass is 15.2. The average molecular weight is 240 g/mol. The number of rotatable bonds is 6. The Bertz CT molecular complexity index is 207. The zero-order valence-electron chi connectivity index (χ0n) is 12.6. The lowest BCUT2D eigenvalue weighted by atomic mass is 9.78. The molecule has 17 heavy (non-hydrogen) atoms. The van der Waals surface area contributed by atoms with Crippen LogP contribution in [0.4, 0.5) is 0 Å². The maximum absolute atomic E-state index is 3.62. The van der Waals surface area contributed by atoms with Gasteiger partial charge in [0.05, 0.1) is 0 Å². The summed E-state index contributed by atoms with van der Waals surface area (Å²) in [6.45, 7) is 15.4. The second kappa shape index (κ2) is 6.75. The molecule has 0 aliphatic carbocycles. The molecule has 2 unspecified atom stereocenters. The lowest BCUT2D eigenvalue weighted by Crippen LogP contribution is -2.51. The van der Waals surface area contributed by atoms with Gasteiger partial charge in [-0.25, -0.2) is 0 Å². The van der Waals surface area contributed by atoms with Crippen molar-refractivity contribution in [2.75, 3.05) is 19.6 Å². The highest BCUT2D eigenvalue weighted by Gasteiger charge is 2.31. The molecule has 2 atom stereocenters. The van der Waals surface area contributed by atoms with E-state index in [4.69, 9.17) is 0 Å². The van der Waals surface area contributed by atoms with Gasteiger partial charge in [0.1, 0.15) is 0 Å². The second-order valence-corrected chi connectivity index (χ2v) is 6.18. The lowest BCUT2D eigenvalue weighted by Gasteiger charge is -2.43. The van der Waals surface area contributed by atoms with Gasteiger partial charge < -0.3 is 5.32 Å². The van der Waals surface area contributed by atoms with Crippen molar-refractivity contribution in [3.8, 4) is 0 Å². The van der Waals surface area contributed by atoms with Crippen LogP contribution in [0, 0.1) is 5.41 Å². The van der Waals surface area contributed by atoms with Gasteiger partial charge in [0.2, 0.25) is 0 Å². The summed E-state index contributed by atoms with van der Waals surface area (Å²) in [7, 11) is 0. The van der Waals surface area contributed by atoms with Crippen molar-refractivity contribution in [1.29, 1.82) is 0 Å². The van der Waals surface area contributed by atoms with Gasteiger partial charge in [-0.2, -0.15) is 0 Å². The summed E-state index contributed by atoms with van der Waals surface area (Å²) in [4.78, 5) is 2.67. The van der Waals surface area contributed by atoms with Crippen LogP contribution in [0.15, 0.2) is 0 Å². The van der Waals surface area contributed by atoms with Crippen molar-refractivity contribution in [1.82, 2.24) is 10.2 Å². The van der Waals surface area contributed by atoms with Crippen molar-refractivity contribution in [3.63, 3.8) is 0 Å². The minimum absolute atomic E-state index is 0.607. The van der Waals surface area contributed by atoms with E-state index in [-0.39, 0.29) is 0 Å². The van der Waals surface area contributed by atoms with E-state index in [1.165, 1.54) is 38.8 Å². The summed E-state index contributed by atoms with van der Waals surface area (Å²) < 4.78 is 0. The van der Waals surface area contributed by atoms with Crippen LogP contribution >= 0.6 is 0 Å². The Morgan fingerprint density at radius 2 is 1.76 bits per heavy atom. The SMILES string of the molecule is CCCNC(C)C(C)N1CCC(C)(CC)CC1. The average Bonchev–Trinajstić information content (AvgIpc) is 2.36. The molecule has 0 saturated carbocycles. The first-order valence-electron chi connectivity index (χ1n) is 7.50. The van der Waals surface area contributed by atoms with Crippen molar-refractivity contribution in [3.05, 3.63) is 0 Å². The lowest BCUT2D eigenvalue weighted by molar-refractivity contribution is 0.0741. The van der Waals surface area contributed by atoms with Crippen LogP contribution in [-0.4, -0.2) is 36.6 Å². The zero-order chi connectivity index (χ0) is 12.9. The molecule has 1 heterocycles. The fourth-order valence-electron chi connectivity index (χ4n) is 2.68. The third kappa shape index (κ3) is 4.26. The smallest absolute Gasteiger partial charge is 0.0218 e. The van der Waals surface area contributed by atoms with E-state index in [0.717, 1.165) is 6.54 Å². The van der Waals surface area contributed by atoms with Crippen LogP contribution in [0.25, 0.3) is 0 Å². The maximum Gasteiger partial charge on any atom is 0.0218 e. The Labute approximate surface area is 108 Å². The fraction of sp³-hybridized carbons (Fsp3) is 1.00. The van der Waals surface area contributed by atoms with E-state index in [1.807, 2.05) is 0 Å². The highest BCUT2D eigenvalue weighted by Crippen LogP contribution is 2.34. The Hall–Kier alpha value is -0.0800. The number of nitrogens with one attached hydrogen (secondary N) is 1. The van der Waals surface area contributed by atoms with Crippen LogP contribution in [-0.2, 0) is 0 Å². The summed E-state index contributed by atoms with van der Waals surface area (Å²) in [6, 6.07) is 1.28. The second-order valence-electron chi connectivity index (χ2n) is 6.18. The van der Waals surface area contributed by atoms with Gasteiger partial charge in [-0.05, 0) is 58.2 Å². The van der Waals surface area contributed by atoms with Crippen molar-refractivity contribution >= 4 is 0 Å². The molecule has 0 aromatic carbocycles. The Morgan fingerprint density at radius 3 is 2.24 bits per heavy atom. The van der Waals surface area contributed by atoms with E-state index < -0.39 is 0 Å². The van der Waals surface area contributed by atoms with Gasteiger partial charge >= 0.3 is 0 Å². The minimum atomic E-state index is 0.607. The van der Waals surface area contributed by atoms with Crippen LogP contribution in [0.2, 0.25) is 0 Å². The first kappa shape index (κ1) is 15.0. The summed E-state index contributed by atoms with van der Waals surface area (Å²) in [5.41, 5.74) is 0.607. The van der Waals surface area contributed by atoms with Gasteiger partial charge in [0.15, 0.2) is 0 Å². The molecule has 0 amide bonds. The molecule has 0 bridgehead atoms. The van der Waals surface area contributed by atoms with Gasteiger partial charge in [0.25, 0.3) is 0 Å². The Kier molecular flexibility index (Phi) is 5.94. The quantitative estimate of drug-likeness (QED) is 0.766. The Balaban J connectivity index is 2.37. The summed E-state index contributed by atoms with van der Waals surface area (Å²) >= 11 is 0. The van der Waals surface area contributed by atoms with E-state index in [0.29, 0.717) is 17.5 Å². The number of hydrogen-bond donors (Lipinski definition) is 1. The molecule has 1 aliphatic rings. The van der Waals surface area contributed by atoms with E-state index in [1.54, 1.807) is 0 Å². The van der Waals surface area contributed by atoms with Crippen molar-refractivity contribution in [2.24, 2.45) is 5.41 Å². The monoisotopic (exact) mass is 240 g/mol. The predicted molar refractivity (Wildman–Crippen MR) is 76.4 cm³/mol. The third-order valence-electron chi connectivity index (χ3n) is 4.87. The molecule has 0 aromatic heterocycles. The van der Waals surface area contributed by atoms with Gasteiger partial charge in [-0.1, -0.05) is 27.2 Å². The molecule has 2 nitrogen and oxygen atoms in total. The predicted octanol–water partition coefficient (Wildman–Crippen LogP) is 3.28. The number of hydrogen-bond acceptors (Lipinski definition) is 2. The first-order chi connectivity index (χ1) is 8.02. The summed E-state index contributed by atoms with van der Waals surface area (Å²) in [5.74, 6) is 0. The van der Waals surface area contributed by atoms with Crippen LogP contribution < -0.4 is 5.32 Å². The van der Waals surface area contributed by atoms with Crippen LogP contribution in [0.1, 0.15) is 60.3 Å². The van der Waals surface area contributed by atoms with Crippen molar-refractivity contribution in [2.45, 2.75) is 72.4 Å². The third-order valence-corrected chi connectivity index (χ3v) is 4.87. The molecule has 0 spiro atoms. The van der Waals surface area contributed by atoms with Gasteiger partial charge in [0, 0.05) is 12.1 Å².